The Morgan fingerprint density at radius 1 is 0.552 bits per heavy atom. The number of methoxy groups -OCH3 is 1. The molecule has 0 saturated carbocycles. The molecule has 7 heterocycles. The van der Waals surface area contributed by atoms with Crippen molar-refractivity contribution in [2.24, 2.45) is 10.8 Å². The summed E-state index contributed by atoms with van der Waals surface area (Å²) in [6, 6.07) is 25.4. The Balaban J connectivity index is 1.03. The molecule has 34 nitrogen and oxygen atoms in total. The predicted molar refractivity (Wildman–Crippen MR) is 462 cm³/mol. The number of likely N-dealkylation sites (N-methyl/N-ethyl adjacent to an activating group) is 2. The molecule has 668 valence electrons. The van der Waals surface area contributed by atoms with Crippen molar-refractivity contribution in [3.63, 3.8) is 0 Å². The normalized spacial score (nSPS) is 19.4. The number of carbonyl (C=O) groups excluding carboxylic acids is 11. The topological polar surface area (TPSA) is 418 Å². The third-order valence-corrected chi connectivity index (χ3v) is 21.7. The number of hydrogen-bond acceptors (Lipinski definition) is 21. The van der Waals surface area contributed by atoms with E-state index in [-0.39, 0.29) is 82.0 Å². The SMILES string of the molecule is CCCN(C(=O)[C@@H](NC(=O)[C@H](C)N(C)C(=O)OC(C)(C)C)C(C)(C)C)[C@@H]1C(=O)N[C@@H](Cc2ccc3ccccc3c2)C(=O)N[C@H](C(=O)O)Cc2ccc(cc2)OCc2cn(nn2)[C@@H]2CCN(C(=O)[C@@H](NC(=O)[C@H](C)N(C)C(=O)OC(C)(C)C)C(C)(C)C)[C@@H]2C(=O)N[C@@H](Cc2ccc3ccccc3c2)C(=O)N[C@H](C(=O)OC)Cc2ccc(cc2)OCc2cn1nn2. The summed E-state index contributed by atoms with van der Waals surface area (Å²) in [5.41, 5.74) is -1.45. The molecule has 1 fully saturated rings. The minimum Gasteiger partial charge on any atom is -0.487 e. The van der Waals surface area contributed by atoms with Gasteiger partial charge in [0.05, 0.1) is 25.5 Å². The minimum absolute atomic E-state index is 0.0763. The number of fused-ring (bicyclic) bond motifs is 2. The van der Waals surface area contributed by atoms with Crippen LogP contribution < -0.4 is 41.4 Å². The molecule has 2 aromatic heterocycles. The van der Waals surface area contributed by atoms with Crippen molar-refractivity contribution in [1.29, 1.82) is 0 Å². The first-order chi connectivity index (χ1) is 58.9. The van der Waals surface area contributed by atoms with Gasteiger partial charge in [0.25, 0.3) is 5.91 Å². The summed E-state index contributed by atoms with van der Waals surface area (Å²) in [4.78, 5) is 181. The molecule has 1 saturated heterocycles. The van der Waals surface area contributed by atoms with Crippen LogP contribution >= 0.6 is 0 Å². The van der Waals surface area contributed by atoms with Crippen LogP contribution in [0.25, 0.3) is 21.5 Å². The van der Waals surface area contributed by atoms with Crippen molar-refractivity contribution < 1.29 is 86.3 Å². The molecule has 13 rings (SSSR count). The Morgan fingerprint density at radius 3 is 1.43 bits per heavy atom. The number of ether oxygens (including phenoxy) is 5. The van der Waals surface area contributed by atoms with Crippen LogP contribution in [-0.2, 0) is 101 Å². The highest BCUT2D eigenvalue weighted by atomic mass is 16.6. The molecule has 5 aliphatic rings. The first-order valence-corrected chi connectivity index (χ1v) is 41.7. The number of nitrogens with one attached hydrogen (secondary N) is 6. The molecule has 7 N–H and O–H groups in total. The Labute approximate surface area is 726 Å². The first-order valence-electron chi connectivity index (χ1n) is 41.7. The van der Waals surface area contributed by atoms with Crippen LogP contribution in [0.15, 0.2) is 146 Å². The molecular weight excluding hydrogens is 1610 g/mol. The lowest BCUT2D eigenvalue weighted by molar-refractivity contribution is -0.150. The van der Waals surface area contributed by atoms with Crippen LogP contribution in [-0.4, -0.2) is 226 Å². The van der Waals surface area contributed by atoms with Gasteiger partial charge in [0, 0.05) is 52.9 Å². The van der Waals surface area contributed by atoms with E-state index >= 15 is 28.8 Å². The Morgan fingerprint density at radius 2 is 0.984 bits per heavy atom. The molecule has 0 unspecified atom stereocenters. The van der Waals surface area contributed by atoms with E-state index in [1.165, 1.54) is 48.6 Å². The van der Waals surface area contributed by atoms with Gasteiger partial charge in [0.1, 0.15) is 102 Å². The largest absolute Gasteiger partial charge is 0.487 e. The van der Waals surface area contributed by atoms with E-state index in [1.807, 2.05) is 78.9 Å². The van der Waals surface area contributed by atoms with Crippen LogP contribution in [0.5, 0.6) is 11.5 Å². The smallest absolute Gasteiger partial charge is 0.410 e. The number of carboxylic acid groups (broad SMARTS) is 1. The predicted octanol–water partition coefficient (Wildman–Crippen LogP) is 8.27. The van der Waals surface area contributed by atoms with Gasteiger partial charge in [0.2, 0.25) is 47.5 Å². The van der Waals surface area contributed by atoms with Gasteiger partial charge in [-0.3, -0.25) is 48.2 Å². The molecule has 11 atom stereocenters. The summed E-state index contributed by atoms with van der Waals surface area (Å²) in [7, 11) is 3.95. The van der Waals surface area contributed by atoms with Gasteiger partial charge < -0.3 is 70.5 Å². The van der Waals surface area contributed by atoms with Gasteiger partial charge in [-0.05, 0) is 147 Å². The number of amides is 10. The number of aromatic nitrogens is 6. The number of carboxylic acids is 1. The lowest BCUT2D eigenvalue weighted by Gasteiger charge is -2.39. The zero-order chi connectivity index (χ0) is 91.3. The summed E-state index contributed by atoms with van der Waals surface area (Å²) >= 11 is 0. The minimum atomic E-state index is -1.80. The van der Waals surface area contributed by atoms with Crippen molar-refractivity contribution in [3.05, 3.63) is 179 Å². The lowest BCUT2D eigenvalue weighted by Crippen LogP contribution is -2.62. The van der Waals surface area contributed by atoms with E-state index in [0.717, 1.165) is 43.1 Å². The van der Waals surface area contributed by atoms with Gasteiger partial charge in [-0.15, -0.1) is 10.2 Å². The van der Waals surface area contributed by atoms with Crippen LogP contribution in [0.1, 0.15) is 163 Å². The molecule has 125 heavy (non-hydrogen) atoms. The highest BCUT2D eigenvalue weighted by molar-refractivity contribution is 5.99. The number of esters is 1. The van der Waals surface area contributed by atoms with E-state index in [0.29, 0.717) is 28.0 Å². The average molecular weight is 1720 g/mol. The Kier molecular flexibility index (Phi) is 30.2. The molecule has 0 spiro atoms. The zero-order valence-corrected chi connectivity index (χ0v) is 74.1. The second-order valence-electron chi connectivity index (χ2n) is 35.9. The van der Waals surface area contributed by atoms with Crippen molar-refractivity contribution in [3.8, 4) is 11.5 Å². The van der Waals surface area contributed by atoms with Crippen LogP contribution in [0, 0.1) is 10.8 Å². The summed E-state index contributed by atoms with van der Waals surface area (Å²) in [5, 5.41) is 49.2. The summed E-state index contributed by atoms with van der Waals surface area (Å²) < 4.78 is 31.5. The van der Waals surface area contributed by atoms with E-state index in [9.17, 15) is 33.9 Å². The number of hydrogen-bond donors (Lipinski definition) is 7. The van der Waals surface area contributed by atoms with E-state index in [4.69, 9.17) is 23.7 Å². The number of rotatable bonds is 17. The number of carbonyl (C=O) groups is 12. The lowest BCUT2D eigenvalue weighted by atomic mass is 9.85. The number of nitrogens with zero attached hydrogens (tertiary/aromatic N) is 10. The molecule has 10 amide bonds. The number of likely N-dealkylation sites (tertiary alicyclic amines) is 1. The van der Waals surface area contributed by atoms with E-state index in [2.05, 4.69) is 52.5 Å². The molecule has 8 aromatic rings. The molecule has 5 aliphatic heterocycles. The van der Waals surface area contributed by atoms with Crippen molar-refractivity contribution in [2.45, 2.75) is 233 Å². The average Bonchev–Trinajstić information content (AvgIpc) is 1.76. The molecule has 6 aromatic carbocycles. The van der Waals surface area contributed by atoms with Gasteiger partial charge in [-0.2, -0.15) is 0 Å². The third kappa shape index (κ3) is 24.7. The molecule has 0 aliphatic carbocycles. The van der Waals surface area contributed by atoms with E-state index < -0.39 is 160 Å². The quantitative estimate of drug-likeness (QED) is 0.0333. The maximum Gasteiger partial charge on any atom is 0.410 e. The fourth-order valence-electron chi connectivity index (χ4n) is 14.6. The van der Waals surface area contributed by atoms with Gasteiger partial charge in [-0.1, -0.05) is 168 Å². The van der Waals surface area contributed by atoms with Crippen molar-refractivity contribution >= 4 is 92.9 Å². The van der Waals surface area contributed by atoms with E-state index in [1.54, 1.807) is 151 Å². The molecule has 34 heteroatoms. The summed E-state index contributed by atoms with van der Waals surface area (Å²) in [5.74, 6) is -8.11. The van der Waals surface area contributed by atoms with Gasteiger partial charge >= 0.3 is 24.1 Å². The van der Waals surface area contributed by atoms with Crippen molar-refractivity contribution in [2.75, 3.05) is 34.3 Å². The highest BCUT2D eigenvalue weighted by Gasteiger charge is 2.50. The van der Waals surface area contributed by atoms with Crippen LogP contribution in [0.4, 0.5) is 9.59 Å². The molecule has 0 radical (unpaired) electrons. The second kappa shape index (κ2) is 40.1. The fraction of sp³-hybridized carbons (Fsp3) is 0.473. The number of aliphatic carboxylic acids is 1. The van der Waals surface area contributed by atoms with Crippen LogP contribution in [0.3, 0.4) is 0 Å². The molecule has 8 bridgehead atoms. The standard InChI is InChI=1S/C91H116N16O18/c1-19-41-105(83(115)74(89(7,8)9)97-76(109)54(3)103(17)87(120)125-91(13,14)15)81-80(113)93-68(48-58-29-35-60-25-21-23-27-62(60)44-58)77(110)94-69(84(116)117)45-55-30-36-65(37-31-55)122-51-63-49-106(100-98-63)71-40-42-104(82(114)73(88(4,5)6)96-75(108)53(2)102(16)86(119)124-90(10,11)12)72(71)79(112)92-67(47-57-28-34-59-24-20-22-26-61(59)43-57)78(111)95-70(85(118)121-18)46-56-32-38-66(39-33-56)123-52-64-50-107(81)101-99-64/h20-39,43-44,49-50,53-54,67-74,81H,19,40-42,45-48,51-52H2,1-18H3,(H,92,112)(H,93,113)(H,94,110)(H,95,111)(H,96,108)(H,97,109)(H,116,117)/t53-,54-,67-,68-,69-,70-,71+,72-,73+,74+,81-/m0/s1. The fourth-order valence-corrected chi connectivity index (χ4v) is 14.6. The maximum absolute atomic E-state index is 15.9. The van der Waals surface area contributed by atoms with Gasteiger partial charge in [0.15, 0.2) is 0 Å². The Hall–Kier alpha value is -13.0. The monoisotopic (exact) mass is 1720 g/mol. The number of benzene rings is 6. The zero-order valence-electron chi connectivity index (χ0n) is 74.1. The third-order valence-electron chi connectivity index (χ3n) is 21.7. The Bertz CT molecular complexity index is 5240. The summed E-state index contributed by atoms with van der Waals surface area (Å²) in [6.07, 6.45) is -0.936. The van der Waals surface area contributed by atoms with Crippen molar-refractivity contribution in [1.82, 2.24) is 81.5 Å². The van der Waals surface area contributed by atoms with Gasteiger partial charge in [-0.25, -0.2) is 28.5 Å². The molecular formula is C91H116N16O18. The van der Waals surface area contributed by atoms with Crippen LogP contribution in [0.2, 0.25) is 0 Å². The summed E-state index contributed by atoms with van der Waals surface area (Å²) in [6.45, 7) is 24.4. The first kappa shape index (κ1) is 94.2. The second-order valence-corrected chi connectivity index (χ2v) is 35.9. The maximum atomic E-state index is 15.9. The highest BCUT2D eigenvalue weighted by Crippen LogP contribution is 2.35.